The molecule has 0 N–H and O–H groups in total. The molecule has 0 heterocycles. The number of ketones is 1. The maximum atomic E-state index is 11.9. The van der Waals surface area contributed by atoms with E-state index >= 15 is 0 Å². The quantitative estimate of drug-likeness (QED) is 0.738. The predicted octanol–water partition coefficient (Wildman–Crippen LogP) is 1.71. The van der Waals surface area contributed by atoms with Crippen LogP contribution in [-0.2, 0) is 14.6 Å². The monoisotopic (exact) mass is 230 g/mol. The number of carbonyl (C=O) groups excluding carboxylic acids is 1. The van der Waals surface area contributed by atoms with Gasteiger partial charge in [0, 0.05) is 5.92 Å². The SMILES string of the molecule is O=C(CS(=O)(=O)C1CCCCC1)C1CC1. The summed E-state index contributed by atoms with van der Waals surface area (Å²) in [7, 11) is -3.14. The third-order valence-corrected chi connectivity index (χ3v) is 5.61. The Morgan fingerprint density at radius 3 is 2.13 bits per heavy atom. The Kier molecular flexibility index (Phi) is 3.14. The number of hydrogen-bond acceptors (Lipinski definition) is 3. The third-order valence-electron chi connectivity index (χ3n) is 3.44. The minimum absolute atomic E-state index is 0.0411. The second-order valence-electron chi connectivity index (χ2n) is 4.81. The van der Waals surface area contributed by atoms with Gasteiger partial charge in [0.25, 0.3) is 0 Å². The van der Waals surface area contributed by atoms with Gasteiger partial charge in [0.15, 0.2) is 15.6 Å². The second-order valence-corrected chi connectivity index (χ2v) is 7.09. The summed E-state index contributed by atoms with van der Waals surface area (Å²) in [5, 5.41) is -0.228. The van der Waals surface area contributed by atoms with E-state index in [4.69, 9.17) is 0 Å². The molecule has 0 amide bonds. The average Bonchev–Trinajstić information content (AvgIpc) is 3.01. The van der Waals surface area contributed by atoms with E-state index < -0.39 is 9.84 Å². The summed E-state index contributed by atoms with van der Waals surface area (Å²) in [4.78, 5) is 11.5. The van der Waals surface area contributed by atoms with Gasteiger partial charge in [0.05, 0.1) is 5.25 Å². The fourth-order valence-corrected chi connectivity index (χ4v) is 4.18. The summed E-state index contributed by atoms with van der Waals surface area (Å²) in [6.45, 7) is 0. The molecule has 86 valence electrons. The zero-order valence-electron chi connectivity index (χ0n) is 8.94. The van der Waals surface area contributed by atoms with Crippen molar-refractivity contribution in [1.29, 1.82) is 0 Å². The zero-order chi connectivity index (χ0) is 10.9. The summed E-state index contributed by atoms with van der Waals surface area (Å²) >= 11 is 0. The highest BCUT2D eigenvalue weighted by molar-refractivity contribution is 7.92. The van der Waals surface area contributed by atoms with Gasteiger partial charge in [0.1, 0.15) is 5.75 Å². The zero-order valence-corrected chi connectivity index (χ0v) is 9.76. The first-order valence-electron chi connectivity index (χ1n) is 5.84. The first kappa shape index (κ1) is 11.1. The van der Waals surface area contributed by atoms with E-state index in [2.05, 4.69) is 0 Å². The summed E-state index contributed by atoms with van der Waals surface area (Å²) in [5.74, 6) is -0.161. The maximum absolute atomic E-state index is 11.9. The van der Waals surface area contributed by atoms with Crippen molar-refractivity contribution in [1.82, 2.24) is 0 Å². The topological polar surface area (TPSA) is 51.2 Å². The third kappa shape index (κ3) is 2.80. The number of sulfone groups is 1. The lowest BCUT2D eigenvalue weighted by atomic mass is 10.0. The Bertz CT molecular complexity index is 335. The van der Waals surface area contributed by atoms with E-state index in [1.54, 1.807) is 0 Å². The van der Waals surface area contributed by atoms with Gasteiger partial charge < -0.3 is 0 Å². The smallest absolute Gasteiger partial charge is 0.160 e. The van der Waals surface area contributed by atoms with Gasteiger partial charge in [-0.05, 0) is 25.7 Å². The van der Waals surface area contributed by atoms with Gasteiger partial charge in [-0.25, -0.2) is 8.42 Å². The van der Waals surface area contributed by atoms with Crippen LogP contribution in [0.3, 0.4) is 0 Å². The molecule has 2 saturated carbocycles. The minimum Gasteiger partial charge on any atom is -0.298 e. The highest BCUT2D eigenvalue weighted by atomic mass is 32.2. The van der Waals surface area contributed by atoms with Crippen LogP contribution in [0.4, 0.5) is 0 Å². The largest absolute Gasteiger partial charge is 0.298 e. The molecule has 0 spiro atoms. The fraction of sp³-hybridized carbons (Fsp3) is 0.909. The Morgan fingerprint density at radius 2 is 1.60 bits per heavy atom. The summed E-state index contributed by atoms with van der Waals surface area (Å²) < 4.78 is 23.8. The van der Waals surface area contributed by atoms with Crippen LogP contribution in [0.15, 0.2) is 0 Å². The molecule has 15 heavy (non-hydrogen) atoms. The van der Waals surface area contributed by atoms with Crippen LogP contribution in [0, 0.1) is 5.92 Å². The number of Topliss-reactive ketones (excluding diaryl/α,β-unsaturated/α-hetero) is 1. The average molecular weight is 230 g/mol. The fourth-order valence-electron chi connectivity index (χ4n) is 2.26. The van der Waals surface area contributed by atoms with Gasteiger partial charge >= 0.3 is 0 Å². The first-order valence-corrected chi connectivity index (χ1v) is 7.55. The molecule has 4 heteroatoms. The highest BCUT2D eigenvalue weighted by Gasteiger charge is 2.35. The Hall–Kier alpha value is -0.380. The molecule has 3 nitrogen and oxygen atoms in total. The van der Waals surface area contributed by atoms with Gasteiger partial charge in [-0.3, -0.25) is 4.79 Å². The summed E-state index contributed by atoms with van der Waals surface area (Å²) in [5.41, 5.74) is 0. The minimum atomic E-state index is -3.14. The lowest BCUT2D eigenvalue weighted by Crippen LogP contribution is -2.30. The molecular formula is C11H18O3S. The van der Waals surface area contributed by atoms with Crippen molar-refractivity contribution in [3.05, 3.63) is 0 Å². The van der Waals surface area contributed by atoms with Crippen molar-refractivity contribution in [3.63, 3.8) is 0 Å². The molecular weight excluding hydrogens is 212 g/mol. The lowest BCUT2D eigenvalue weighted by Gasteiger charge is -2.21. The number of hydrogen-bond donors (Lipinski definition) is 0. The molecule has 0 atom stereocenters. The van der Waals surface area contributed by atoms with Crippen LogP contribution in [0.5, 0.6) is 0 Å². The van der Waals surface area contributed by atoms with E-state index in [1.807, 2.05) is 0 Å². The lowest BCUT2D eigenvalue weighted by molar-refractivity contribution is -0.117. The van der Waals surface area contributed by atoms with Gasteiger partial charge in [0.2, 0.25) is 0 Å². The molecule has 2 fully saturated rings. The van der Waals surface area contributed by atoms with Crippen molar-refractivity contribution in [2.75, 3.05) is 5.75 Å². The van der Waals surface area contributed by atoms with E-state index in [-0.39, 0.29) is 22.7 Å². The van der Waals surface area contributed by atoms with Gasteiger partial charge in [-0.2, -0.15) is 0 Å². The van der Waals surface area contributed by atoms with Crippen LogP contribution >= 0.6 is 0 Å². The van der Waals surface area contributed by atoms with Crippen LogP contribution in [-0.4, -0.2) is 25.2 Å². The second kappa shape index (κ2) is 4.24. The Morgan fingerprint density at radius 1 is 1.00 bits per heavy atom. The maximum Gasteiger partial charge on any atom is 0.160 e. The first-order chi connectivity index (χ1) is 7.09. The van der Waals surface area contributed by atoms with E-state index in [0.29, 0.717) is 0 Å². The Labute approximate surface area is 91.2 Å². The predicted molar refractivity (Wildman–Crippen MR) is 58.4 cm³/mol. The van der Waals surface area contributed by atoms with Crippen molar-refractivity contribution in [2.45, 2.75) is 50.2 Å². The van der Waals surface area contributed by atoms with Crippen LogP contribution in [0.25, 0.3) is 0 Å². The summed E-state index contributed by atoms with van der Waals surface area (Å²) in [6, 6.07) is 0. The molecule has 0 aromatic heterocycles. The molecule has 0 bridgehead atoms. The molecule has 0 saturated heterocycles. The molecule has 2 aliphatic rings. The van der Waals surface area contributed by atoms with Crippen molar-refractivity contribution in [2.24, 2.45) is 5.92 Å². The Balaban J connectivity index is 1.95. The van der Waals surface area contributed by atoms with Crippen molar-refractivity contribution in [3.8, 4) is 0 Å². The number of rotatable bonds is 4. The van der Waals surface area contributed by atoms with E-state index in [1.165, 1.54) is 0 Å². The van der Waals surface area contributed by atoms with Crippen LogP contribution < -0.4 is 0 Å². The molecule has 0 aromatic rings. The molecule has 2 aliphatic carbocycles. The van der Waals surface area contributed by atoms with E-state index in [9.17, 15) is 13.2 Å². The van der Waals surface area contributed by atoms with Gasteiger partial charge in [-0.15, -0.1) is 0 Å². The molecule has 2 rings (SSSR count). The van der Waals surface area contributed by atoms with E-state index in [0.717, 1.165) is 44.9 Å². The summed E-state index contributed by atoms with van der Waals surface area (Å²) in [6.07, 6.45) is 6.48. The normalized spacial score (nSPS) is 24.0. The number of carbonyl (C=O) groups is 1. The van der Waals surface area contributed by atoms with Crippen LogP contribution in [0.2, 0.25) is 0 Å². The van der Waals surface area contributed by atoms with Crippen molar-refractivity contribution < 1.29 is 13.2 Å². The van der Waals surface area contributed by atoms with Gasteiger partial charge in [-0.1, -0.05) is 19.3 Å². The molecule has 0 aromatic carbocycles. The molecule has 0 unspecified atom stereocenters. The molecule has 0 aliphatic heterocycles. The standard InChI is InChI=1S/C11H18O3S/c12-11(9-6-7-9)8-15(13,14)10-4-2-1-3-5-10/h9-10H,1-8H2. The molecule has 0 radical (unpaired) electrons. The van der Waals surface area contributed by atoms with Crippen LogP contribution in [0.1, 0.15) is 44.9 Å². The van der Waals surface area contributed by atoms with Crippen molar-refractivity contribution >= 4 is 15.6 Å². The highest BCUT2D eigenvalue weighted by Crippen LogP contribution is 2.31.